The number of aromatic nitrogens is 4. The van der Waals surface area contributed by atoms with Crippen LogP contribution >= 0.6 is 0 Å². The van der Waals surface area contributed by atoms with E-state index in [4.69, 9.17) is 10.5 Å². The molecule has 0 aliphatic rings. The highest BCUT2D eigenvalue weighted by Gasteiger charge is 2.22. The lowest BCUT2D eigenvalue weighted by Gasteiger charge is -2.12. The lowest BCUT2D eigenvalue weighted by Crippen LogP contribution is -2.30. The van der Waals surface area contributed by atoms with Gasteiger partial charge in [-0.05, 0) is 44.2 Å². The molecule has 0 bridgehead atoms. The summed E-state index contributed by atoms with van der Waals surface area (Å²) in [4.78, 5) is 43.4. The number of esters is 1. The fourth-order valence-corrected chi connectivity index (χ4v) is 2.22. The molecule has 10 heteroatoms. The molecule has 10 nitrogen and oxygen atoms in total. The highest BCUT2D eigenvalue weighted by Crippen LogP contribution is 2.11. The number of nitrogens with one attached hydrogen (secondary N) is 1. The number of anilines is 1. The van der Waals surface area contributed by atoms with E-state index >= 15 is 0 Å². The average Bonchev–Trinajstić information content (AvgIpc) is 3.08. The standard InChI is InChI=1S/C17H16N6O4/c1-9-7-8-19-17-21-14(22-23(9)17)16(26)27-10(2)15(25)20-12-5-3-11(4-6-12)13(18)24/h3-8,10H,1-2H3,(H2,18,24)(H,20,25). The van der Waals surface area contributed by atoms with Crippen molar-refractivity contribution in [1.29, 1.82) is 0 Å². The highest BCUT2D eigenvalue weighted by atomic mass is 16.5. The average molecular weight is 368 g/mol. The van der Waals surface area contributed by atoms with Gasteiger partial charge in [-0.15, -0.1) is 5.10 Å². The van der Waals surface area contributed by atoms with Gasteiger partial charge in [0, 0.05) is 23.1 Å². The van der Waals surface area contributed by atoms with Crippen LogP contribution in [0.25, 0.3) is 5.78 Å². The van der Waals surface area contributed by atoms with E-state index < -0.39 is 23.9 Å². The Balaban J connectivity index is 1.65. The number of amides is 2. The van der Waals surface area contributed by atoms with Crippen LogP contribution in [0.15, 0.2) is 36.5 Å². The molecule has 0 saturated carbocycles. The third-order valence-corrected chi connectivity index (χ3v) is 3.70. The molecule has 0 fully saturated rings. The predicted octanol–water partition coefficient (Wildman–Crippen LogP) is 0.716. The fourth-order valence-electron chi connectivity index (χ4n) is 2.22. The maximum atomic E-state index is 12.2. The highest BCUT2D eigenvalue weighted by molar-refractivity contribution is 5.97. The molecule has 2 amide bonds. The van der Waals surface area contributed by atoms with Gasteiger partial charge in [0.25, 0.3) is 17.5 Å². The van der Waals surface area contributed by atoms with Crippen molar-refractivity contribution in [2.24, 2.45) is 5.73 Å². The van der Waals surface area contributed by atoms with Gasteiger partial charge in [-0.25, -0.2) is 14.3 Å². The van der Waals surface area contributed by atoms with Gasteiger partial charge in [0.15, 0.2) is 6.10 Å². The molecule has 138 valence electrons. The van der Waals surface area contributed by atoms with E-state index in [1.165, 1.54) is 35.7 Å². The summed E-state index contributed by atoms with van der Waals surface area (Å²) in [6.07, 6.45) is 0.461. The molecule has 27 heavy (non-hydrogen) atoms. The molecule has 2 heterocycles. The van der Waals surface area contributed by atoms with Gasteiger partial charge >= 0.3 is 5.97 Å². The van der Waals surface area contributed by atoms with E-state index in [1.54, 1.807) is 19.2 Å². The SMILES string of the molecule is Cc1ccnc2nc(C(=O)OC(C)C(=O)Nc3ccc(C(N)=O)cc3)nn12. The summed E-state index contributed by atoms with van der Waals surface area (Å²) >= 11 is 0. The van der Waals surface area contributed by atoms with Crippen molar-refractivity contribution in [2.45, 2.75) is 20.0 Å². The minimum atomic E-state index is -1.09. The number of fused-ring (bicyclic) bond motifs is 1. The van der Waals surface area contributed by atoms with E-state index in [-0.39, 0.29) is 11.6 Å². The smallest absolute Gasteiger partial charge is 0.379 e. The van der Waals surface area contributed by atoms with Crippen LogP contribution < -0.4 is 11.1 Å². The van der Waals surface area contributed by atoms with Crippen LogP contribution in [0.4, 0.5) is 5.69 Å². The zero-order chi connectivity index (χ0) is 19.6. The minimum Gasteiger partial charge on any atom is -0.447 e. The number of nitrogens with zero attached hydrogens (tertiary/aromatic N) is 4. The van der Waals surface area contributed by atoms with Crippen LogP contribution in [0.5, 0.6) is 0 Å². The number of aryl methyl sites for hydroxylation is 1. The first kappa shape index (κ1) is 18.0. The lowest BCUT2D eigenvalue weighted by atomic mass is 10.2. The third-order valence-electron chi connectivity index (χ3n) is 3.70. The van der Waals surface area contributed by atoms with Gasteiger partial charge < -0.3 is 15.8 Å². The van der Waals surface area contributed by atoms with Crippen LogP contribution in [0.1, 0.15) is 33.6 Å². The predicted molar refractivity (Wildman–Crippen MR) is 94.0 cm³/mol. The maximum absolute atomic E-state index is 12.2. The number of primary amides is 1. The van der Waals surface area contributed by atoms with E-state index in [0.717, 1.165) is 5.69 Å². The number of hydrogen-bond donors (Lipinski definition) is 2. The number of benzene rings is 1. The molecule has 1 aromatic carbocycles. The second kappa shape index (κ2) is 7.20. The monoisotopic (exact) mass is 368 g/mol. The van der Waals surface area contributed by atoms with Gasteiger partial charge in [-0.3, -0.25) is 9.59 Å². The second-order valence-electron chi connectivity index (χ2n) is 5.71. The van der Waals surface area contributed by atoms with Crippen molar-refractivity contribution in [3.63, 3.8) is 0 Å². The van der Waals surface area contributed by atoms with Gasteiger partial charge in [0.2, 0.25) is 5.91 Å². The number of hydrogen-bond acceptors (Lipinski definition) is 7. The molecule has 0 radical (unpaired) electrons. The third kappa shape index (κ3) is 3.89. The van der Waals surface area contributed by atoms with Crippen LogP contribution in [0.2, 0.25) is 0 Å². The Bertz CT molecular complexity index is 1030. The largest absolute Gasteiger partial charge is 0.447 e. The quantitative estimate of drug-likeness (QED) is 0.632. The van der Waals surface area contributed by atoms with E-state index in [0.29, 0.717) is 11.3 Å². The lowest BCUT2D eigenvalue weighted by molar-refractivity contribution is -0.123. The summed E-state index contributed by atoms with van der Waals surface area (Å²) in [5.74, 6) is -1.89. The first-order valence-electron chi connectivity index (χ1n) is 7.95. The summed E-state index contributed by atoms with van der Waals surface area (Å²) < 4.78 is 6.51. The van der Waals surface area contributed by atoms with Crippen LogP contribution in [-0.4, -0.2) is 43.5 Å². The summed E-state index contributed by atoms with van der Waals surface area (Å²) in [6.45, 7) is 3.21. The molecular formula is C17H16N6O4. The summed E-state index contributed by atoms with van der Waals surface area (Å²) in [5.41, 5.74) is 6.65. The van der Waals surface area contributed by atoms with Crippen molar-refractivity contribution >= 4 is 29.2 Å². The molecule has 2 aromatic heterocycles. The normalized spacial score (nSPS) is 11.8. The van der Waals surface area contributed by atoms with Crippen molar-refractivity contribution in [3.05, 3.63) is 53.6 Å². The van der Waals surface area contributed by atoms with Gasteiger partial charge in [0.05, 0.1) is 0 Å². The van der Waals surface area contributed by atoms with E-state index in [9.17, 15) is 14.4 Å². The van der Waals surface area contributed by atoms with Crippen LogP contribution in [0.3, 0.4) is 0 Å². The maximum Gasteiger partial charge on any atom is 0.379 e. The van der Waals surface area contributed by atoms with E-state index in [2.05, 4.69) is 20.4 Å². The molecule has 1 atom stereocenters. The Hall–Kier alpha value is -3.82. The summed E-state index contributed by atoms with van der Waals surface area (Å²) in [7, 11) is 0. The molecule has 3 aromatic rings. The van der Waals surface area contributed by atoms with Crippen LogP contribution in [-0.2, 0) is 9.53 Å². The Labute approximate surface area is 153 Å². The minimum absolute atomic E-state index is 0.192. The molecular weight excluding hydrogens is 352 g/mol. The van der Waals surface area contributed by atoms with E-state index in [1.807, 2.05) is 0 Å². The van der Waals surface area contributed by atoms with Crippen molar-refractivity contribution < 1.29 is 19.1 Å². The molecule has 0 spiro atoms. The molecule has 3 N–H and O–H groups in total. The molecule has 0 saturated heterocycles. The Morgan fingerprint density at radius 2 is 1.89 bits per heavy atom. The fraction of sp³-hybridized carbons (Fsp3) is 0.176. The van der Waals surface area contributed by atoms with Gasteiger partial charge in [-0.2, -0.15) is 4.98 Å². The zero-order valence-electron chi connectivity index (χ0n) is 14.5. The number of ether oxygens (including phenoxy) is 1. The molecule has 1 unspecified atom stereocenters. The summed E-state index contributed by atoms with van der Waals surface area (Å²) in [6, 6.07) is 7.71. The molecule has 0 aliphatic carbocycles. The number of carbonyl (C=O) groups is 3. The molecule has 0 aliphatic heterocycles. The molecule has 3 rings (SSSR count). The number of carbonyl (C=O) groups excluding carboxylic acids is 3. The van der Waals surface area contributed by atoms with Gasteiger partial charge in [-0.1, -0.05) is 0 Å². The number of rotatable bonds is 5. The van der Waals surface area contributed by atoms with Gasteiger partial charge in [0.1, 0.15) is 0 Å². The summed E-state index contributed by atoms with van der Waals surface area (Å²) in [5, 5.41) is 6.60. The Morgan fingerprint density at radius 1 is 1.19 bits per heavy atom. The first-order chi connectivity index (χ1) is 12.8. The zero-order valence-corrected chi connectivity index (χ0v) is 14.5. The topological polar surface area (TPSA) is 142 Å². The Morgan fingerprint density at radius 3 is 2.52 bits per heavy atom. The second-order valence-corrected chi connectivity index (χ2v) is 5.71. The van der Waals surface area contributed by atoms with Crippen molar-refractivity contribution in [1.82, 2.24) is 19.6 Å². The first-order valence-corrected chi connectivity index (χ1v) is 7.95. The number of nitrogens with two attached hydrogens (primary N) is 1. The van der Waals surface area contributed by atoms with Crippen LogP contribution in [0, 0.1) is 6.92 Å². The van der Waals surface area contributed by atoms with Crippen molar-refractivity contribution in [3.8, 4) is 0 Å². The Kier molecular flexibility index (Phi) is 4.79. The van der Waals surface area contributed by atoms with Crippen molar-refractivity contribution in [2.75, 3.05) is 5.32 Å².